The van der Waals surface area contributed by atoms with Crippen molar-refractivity contribution in [3.63, 3.8) is 0 Å². The number of hydrogen-bond donors (Lipinski definition) is 0. The van der Waals surface area contributed by atoms with Crippen molar-refractivity contribution >= 4 is 11.9 Å². The number of hydrogen-bond acceptors (Lipinski definition) is 6. The molecule has 0 aromatic carbocycles. The second kappa shape index (κ2) is 5.49. The molecule has 2 aliphatic heterocycles. The summed E-state index contributed by atoms with van der Waals surface area (Å²) in [5.74, 6) is -2.56. The van der Waals surface area contributed by atoms with Crippen LogP contribution in [-0.4, -0.2) is 51.6 Å². The molecule has 6 nitrogen and oxygen atoms in total. The molecule has 1 saturated heterocycles. The highest BCUT2D eigenvalue weighted by Gasteiger charge is 2.40. The molecule has 1 fully saturated rings. The second-order valence-corrected chi connectivity index (χ2v) is 4.24. The molecule has 0 saturated carbocycles. The Morgan fingerprint density at radius 3 is 2.11 bits per heavy atom. The van der Waals surface area contributed by atoms with Gasteiger partial charge >= 0.3 is 11.9 Å². The molecule has 0 aliphatic carbocycles. The van der Waals surface area contributed by atoms with Crippen LogP contribution in [0, 0.1) is 11.8 Å². The summed E-state index contributed by atoms with van der Waals surface area (Å²) < 4.78 is 19.9. The summed E-state index contributed by atoms with van der Waals surface area (Å²) in [6.45, 7) is 0.965. The molecule has 2 heterocycles. The van der Waals surface area contributed by atoms with Crippen LogP contribution < -0.4 is 0 Å². The molecular formula is C12H16O6. The van der Waals surface area contributed by atoms with Gasteiger partial charge in [0.15, 0.2) is 5.92 Å². The highest BCUT2D eigenvalue weighted by Crippen LogP contribution is 2.27. The third-order valence-electron chi connectivity index (χ3n) is 3.09. The van der Waals surface area contributed by atoms with Gasteiger partial charge in [-0.1, -0.05) is 12.2 Å². The van der Waals surface area contributed by atoms with E-state index in [-0.39, 0.29) is 24.7 Å². The van der Waals surface area contributed by atoms with Crippen LogP contribution in [0.2, 0.25) is 0 Å². The van der Waals surface area contributed by atoms with Crippen LogP contribution in [0.5, 0.6) is 0 Å². The molecule has 0 spiro atoms. The first kappa shape index (κ1) is 13.0. The molecule has 2 aliphatic rings. The smallest absolute Gasteiger partial charge is 0.320 e. The van der Waals surface area contributed by atoms with Gasteiger partial charge in [0.2, 0.25) is 0 Å². The molecule has 0 bridgehead atoms. The van der Waals surface area contributed by atoms with Crippen LogP contribution in [0.1, 0.15) is 0 Å². The maximum atomic E-state index is 11.6. The van der Waals surface area contributed by atoms with Gasteiger partial charge in [-0.15, -0.1) is 0 Å². The molecule has 0 radical (unpaired) electrons. The maximum absolute atomic E-state index is 11.6. The van der Waals surface area contributed by atoms with E-state index in [1.54, 1.807) is 6.08 Å². The van der Waals surface area contributed by atoms with Gasteiger partial charge in [0, 0.05) is 5.92 Å². The van der Waals surface area contributed by atoms with Gasteiger partial charge in [-0.25, -0.2) is 0 Å². The number of methoxy groups -OCH3 is 2. The van der Waals surface area contributed by atoms with Crippen LogP contribution >= 0.6 is 0 Å². The number of ether oxygens (including phenoxy) is 4. The summed E-state index contributed by atoms with van der Waals surface area (Å²) in [5, 5.41) is 0. The minimum atomic E-state index is -0.975. The van der Waals surface area contributed by atoms with E-state index in [0.29, 0.717) is 6.61 Å². The highest BCUT2D eigenvalue weighted by atomic mass is 16.6. The normalized spacial score (nSPS) is 30.1. The average Bonchev–Trinajstić information content (AvgIpc) is 3.23. The van der Waals surface area contributed by atoms with E-state index in [9.17, 15) is 9.59 Å². The molecule has 3 atom stereocenters. The Morgan fingerprint density at radius 2 is 1.72 bits per heavy atom. The van der Waals surface area contributed by atoms with E-state index in [2.05, 4.69) is 9.47 Å². The Balaban J connectivity index is 2.04. The Morgan fingerprint density at radius 1 is 1.11 bits per heavy atom. The van der Waals surface area contributed by atoms with Crippen molar-refractivity contribution in [1.29, 1.82) is 0 Å². The maximum Gasteiger partial charge on any atom is 0.320 e. The third-order valence-corrected chi connectivity index (χ3v) is 3.09. The van der Waals surface area contributed by atoms with E-state index in [1.807, 2.05) is 6.08 Å². The van der Waals surface area contributed by atoms with Crippen molar-refractivity contribution in [2.45, 2.75) is 12.2 Å². The third kappa shape index (κ3) is 2.70. The molecular weight excluding hydrogens is 240 g/mol. The van der Waals surface area contributed by atoms with Crippen molar-refractivity contribution < 1.29 is 28.5 Å². The van der Waals surface area contributed by atoms with E-state index in [0.717, 1.165) is 0 Å². The van der Waals surface area contributed by atoms with Gasteiger partial charge in [-0.3, -0.25) is 9.59 Å². The zero-order valence-electron chi connectivity index (χ0n) is 10.3. The monoisotopic (exact) mass is 256 g/mol. The Labute approximate surface area is 105 Å². The number of carbonyl (C=O) groups is 2. The first-order valence-corrected chi connectivity index (χ1v) is 5.74. The lowest BCUT2D eigenvalue weighted by molar-refractivity contribution is -0.162. The van der Waals surface area contributed by atoms with Gasteiger partial charge < -0.3 is 18.9 Å². The minimum Gasteiger partial charge on any atom is -0.468 e. The molecule has 2 rings (SSSR count). The second-order valence-electron chi connectivity index (χ2n) is 4.24. The lowest BCUT2D eigenvalue weighted by atomic mass is 9.90. The summed E-state index contributed by atoms with van der Waals surface area (Å²) in [6, 6.07) is 0. The van der Waals surface area contributed by atoms with Crippen molar-refractivity contribution in [2.24, 2.45) is 11.8 Å². The fourth-order valence-electron chi connectivity index (χ4n) is 1.97. The molecule has 0 unspecified atom stereocenters. The van der Waals surface area contributed by atoms with Crippen molar-refractivity contribution in [3.05, 3.63) is 12.2 Å². The van der Waals surface area contributed by atoms with E-state index >= 15 is 0 Å². The first-order chi connectivity index (χ1) is 8.67. The molecule has 18 heavy (non-hydrogen) atoms. The fraction of sp³-hybridized carbons (Fsp3) is 0.667. The largest absolute Gasteiger partial charge is 0.468 e. The summed E-state index contributed by atoms with van der Waals surface area (Å²) in [6.07, 6.45) is 3.65. The molecule has 0 aromatic rings. The van der Waals surface area contributed by atoms with Gasteiger partial charge in [0.05, 0.1) is 27.4 Å². The molecule has 6 heteroatoms. The first-order valence-electron chi connectivity index (χ1n) is 5.74. The Hall–Kier alpha value is -1.40. The Kier molecular flexibility index (Phi) is 3.98. The summed E-state index contributed by atoms with van der Waals surface area (Å²) in [7, 11) is 2.49. The van der Waals surface area contributed by atoms with Gasteiger partial charge in [-0.05, 0) is 0 Å². The molecule has 0 N–H and O–H groups in total. The van der Waals surface area contributed by atoms with Crippen molar-refractivity contribution in [1.82, 2.24) is 0 Å². The Bertz CT molecular complexity index is 344. The van der Waals surface area contributed by atoms with E-state index in [1.165, 1.54) is 14.2 Å². The highest BCUT2D eigenvalue weighted by molar-refractivity contribution is 5.95. The lowest BCUT2D eigenvalue weighted by Crippen LogP contribution is -2.38. The van der Waals surface area contributed by atoms with Crippen LogP contribution in [0.25, 0.3) is 0 Å². The van der Waals surface area contributed by atoms with Crippen LogP contribution in [0.15, 0.2) is 12.2 Å². The zero-order chi connectivity index (χ0) is 13.1. The summed E-state index contributed by atoms with van der Waals surface area (Å²) >= 11 is 0. The summed E-state index contributed by atoms with van der Waals surface area (Å²) in [4.78, 5) is 23.2. The predicted molar refractivity (Wildman–Crippen MR) is 59.6 cm³/mol. The molecule has 0 amide bonds. The average molecular weight is 256 g/mol. The van der Waals surface area contributed by atoms with Gasteiger partial charge in [0.25, 0.3) is 0 Å². The zero-order valence-corrected chi connectivity index (χ0v) is 10.3. The lowest BCUT2D eigenvalue weighted by Gasteiger charge is -2.26. The fourth-order valence-corrected chi connectivity index (χ4v) is 1.97. The number of epoxide rings is 1. The van der Waals surface area contributed by atoms with Crippen LogP contribution in [-0.2, 0) is 28.5 Å². The topological polar surface area (TPSA) is 74.4 Å². The molecule has 0 aromatic heterocycles. The molecule has 100 valence electrons. The standard InChI is InChI=1S/C12H16O6/c1-15-11(13)10(12(14)16-2)7-3-4-8(17-5-7)9-6-18-9/h3-4,7-10H,5-6H2,1-2H3/t7-,8-,9+/m0/s1. The number of rotatable bonds is 4. The predicted octanol–water partition coefficient (Wildman–Crippen LogP) is -0.0814. The van der Waals surface area contributed by atoms with E-state index in [4.69, 9.17) is 9.47 Å². The van der Waals surface area contributed by atoms with Crippen molar-refractivity contribution in [2.75, 3.05) is 27.4 Å². The van der Waals surface area contributed by atoms with Crippen molar-refractivity contribution in [3.8, 4) is 0 Å². The summed E-state index contributed by atoms with van der Waals surface area (Å²) in [5.41, 5.74) is 0. The SMILES string of the molecule is COC(=O)C(C(=O)OC)[C@H]1C=C[C@@H]([C@H]2CO2)OC1. The van der Waals surface area contributed by atoms with Gasteiger partial charge in [-0.2, -0.15) is 0 Å². The van der Waals surface area contributed by atoms with Crippen LogP contribution in [0.3, 0.4) is 0 Å². The van der Waals surface area contributed by atoms with Crippen LogP contribution in [0.4, 0.5) is 0 Å². The quantitative estimate of drug-likeness (QED) is 0.303. The minimum absolute atomic E-state index is 0.0859. The number of esters is 2. The van der Waals surface area contributed by atoms with Gasteiger partial charge in [0.1, 0.15) is 12.2 Å². The number of carbonyl (C=O) groups excluding carboxylic acids is 2. The van der Waals surface area contributed by atoms with E-state index < -0.39 is 17.9 Å².